The van der Waals surface area contributed by atoms with Crippen molar-refractivity contribution in [1.82, 2.24) is 10.6 Å². The predicted molar refractivity (Wildman–Crippen MR) is 114 cm³/mol. The van der Waals surface area contributed by atoms with E-state index in [0.717, 1.165) is 5.56 Å². The highest BCUT2D eigenvalue weighted by Gasteiger charge is 2.27. The highest BCUT2D eigenvalue weighted by atomic mass is 32.2. The van der Waals surface area contributed by atoms with E-state index in [1.165, 1.54) is 14.0 Å². The number of hydrogen-bond acceptors (Lipinski definition) is 5. The van der Waals surface area contributed by atoms with Crippen molar-refractivity contribution in [2.75, 3.05) is 12.9 Å². The second kappa shape index (κ2) is 11.9. The first kappa shape index (κ1) is 23.3. The Balaban J connectivity index is 2.06. The number of carbonyl (C=O) groups excluding carboxylic acids is 3. The summed E-state index contributed by atoms with van der Waals surface area (Å²) in [5, 5.41) is 5.26. The fourth-order valence-electron chi connectivity index (χ4n) is 2.88. The number of hydrogen-bond donors (Lipinski definition) is 2. The van der Waals surface area contributed by atoms with Crippen molar-refractivity contribution in [2.45, 2.75) is 36.7 Å². The van der Waals surface area contributed by atoms with E-state index in [2.05, 4.69) is 10.6 Å². The molecule has 160 valence electrons. The maximum absolute atomic E-state index is 12.8. The highest BCUT2D eigenvalue weighted by molar-refractivity contribution is 7.85. The van der Waals surface area contributed by atoms with Crippen LogP contribution in [0.1, 0.15) is 18.9 Å². The van der Waals surface area contributed by atoms with Gasteiger partial charge in [-0.25, -0.2) is 4.79 Å². The van der Waals surface area contributed by atoms with Crippen molar-refractivity contribution in [2.24, 2.45) is 0 Å². The van der Waals surface area contributed by atoms with E-state index in [1.807, 2.05) is 36.4 Å². The van der Waals surface area contributed by atoms with Crippen LogP contribution in [0.2, 0.25) is 0 Å². The largest absolute Gasteiger partial charge is 0.467 e. The molecule has 0 aliphatic carbocycles. The molecule has 2 rings (SSSR count). The Morgan fingerprint density at radius 1 is 0.933 bits per heavy atom. The molecular formula is C22H26N2O5S. The number of methoxy groups -OCH3 is 1. The topological polar surface area (TPSA) is 102 Å². The van der Waals surface area contributed by atoms with Gasteiger partial charge >= 0.3 is 5.97 Å². The van der Waals surface area contributed by atoms with E-state index >= 15 is 0 Å². The maximum Gasteiger partial charge on any atom is 0.328 e. The SMILES string of the molecule is COC(=O)[C@@H](CC[S@@](=O)c1ccccc1)NC(=O)[C@@H](Cc1ccccc1)NC(C)=O. The van der Waals surface area contributed by atoms with E-state index in [0.29, 0.717) is 4.90 Å². The molecule has 2 aromatic rings. The minimum Gasteiger partial charge on any atom is -0.467 e. The second-order valence-electron chi connectivity index (χ2n) is 6.68. The first-order valence-corrected chi connectivity index (χ1v) is 10.8. The lowest BCUT2D eigenvalue weighted by molar-refractivity contribution is -0.145. The molecule has 0 aromatic heterocycles. The van der Waals surface area contributed by atoms with Gasteiger partial charge in [0.25, 0.3) is 0 Å². The van der Waals surface area contributed by atoms with Gasteiger partial charge in [-0.2, -0.15) is 0 Å². The van der Waals surface area contributed by atoms with E-state index in [9.17, 15) is 18.6 Å². The third kappa shape index (κ3) is 7.44. The van der Waals surface area contributed by atoms with Crippen molar-refractivity contribution in [3.63, 3.8) is 0 Å². The van der Waals surface area contributed by atoms with Crippen LogP contribution in [0.3, 0.4) is 0 Å². The van der Waals surface area contributed by atoms with E-state index in [4.69, 9.17) is 4.74 Å². The first-order chi connectivity index (χ1) is 14.4. The van der Waals surface area contributed by atoms with Crippen LogP contribution in [0.15, 0.2) is 65.6 Å². The average molecular weight is 431 g/mol. The number of rotatable bonds is 10. The van der Waals surface area contributed by atoms with Gasteiger partial charge in [0.1, 0.15) is 12.1 Å². The van der Waals surface area contributed by atoms with Crippen molar-refractivity contribution in [1.29, 1.82) is 0 Å². The number of esters is 1. The molecule has 30 heavy (non-hydrogen) atoms. The monoisotopic (exact) mass is 430 g/mol. The standard InChI is InChI=1S/C22H26N2O5S/c1-16(25)23-20(15-17-9-5-3-6-10-17)21(26)24-19(22(27)29-2)13-14-30(28)18-11-7-4-8-12-18/h3-12,19-20H,13-15H2,1-2H3,(H,23,25)(H,24,26)/t19-,20-,30-/m1/s1. The van der Waals surface area contributed by atoms with E-state index < -0.39 is 34.8 Å². The Hall–Kier alpha value is -3.00. The molecule has 0 radical (unpaired) electrons. The van der Waals surface area contributed by atoms with Gasteiger partial charge < -0.3 is 15.4 Å². The van der Waals surface area contributed by atoms with Crippen molar-refractivity contribution < 1.29 is 23.3 Å². The van der Waals surface area contributed by atoms with Gasteiger partial charge in [0.2, 0.25) is 11.8 Å². The lowest BCUT2D eigenvalue weighted by Gasteiger charge is -2.22. The van der Waals surface area contributed by atoms with Gasteiger partial charge in [0.15, 0.2) is 0 Å². The number of nitrogens with one attached hydrogen (secondary N) is 2. The van der Waals surface area contributed by atoms with Gasteiger partial charge in [-0.3, -0.25) is 13.8 Å². The lowest BCUT2D eigenvalue weighted by Crippen LogP contribution is -2.52. The maximum atomic E-state index is 12.8. The lowest BCUT2D eigenvalue weighted by atomic mass is 10.0. The Morgan fingerprint density at radius 3 is 2.10 bits per heavy atom. The predicted octanol–water partition coefficient (Wildman–Crippen LogP) is 1.59. The zero-order chi connectivity index (χ0) is 21.9. The Morgan fingerprint density at radius 2 is 1.53 bits per heavy atom. The first-order valence-electron chi connectivity index (χ1n) is 9.53. The molecule has 2 aromatic carbocycles. The molecule has 0 aliphatic heterocycles. The molecule has 0 bridgehead atoms. The zero-order valence-electron chi connectivity index (χ0n) is 17.0. The summed E-state index contributed by atoms with van der Waals surface area (Å²) in [5.41, 5.74) is 0.867. The summed E-state index contributed by atoms with van der Waals surface area (Å²) in [5.74, 6) is -1.32. The van der Waals surface area contributed by atoms with Gasteiger partial charge in [-0.15, -0.1) is 0 Å². The molecule has 0 heterocycles. The fraction of sp³-hybridized carbons (Fsp3) is 0.318. The minimum absolute atomic E-state index is 0.137. The molecule has 7 nitrogen and oxygen atoms in total. The van der Waals surface area contributed by atoms with Crippen molar-refractivity contribution in [3.05, 3.63) is 66.2 Å². The summed E-state index contributed by atoms with van der Waals surface area (Å²) in [4.78, 5) is 37.2. The van der Waals surface area contributed by atoms with E-state index in [-0.39, 0.29) is 24.5 Å². The number of amides is 2. The quantitative estimate of drug-likeness (QED) is 0.558. The fourth-order valence-corrected chi connectivity index (χ4v) is 4.03. The Kier molecular flexibility index (Phi) is 9.21. The molecular weight excluding hydrogens is 404 g/mol. The third-order valence-corrected chi connectivity index (χ3v) is 5.78. The molecule has 3 atom stereocenters. The van der Waals surface area contributed by atoms with Crippen LogP contribution in [0, 0.1) is 0 Å². The van der Waals surface area contributed by atoms with Gasteiger partial charge in [-0.05, 0) is 24.1 Å². The van der Waals surface area contributed by atoms with Crippen molar-refractivity contribution in [3.8, 4) is 0 Å². The minimum atomic E-state index is -1.32. The second-order valence-corrected chi connectivity index (χ2v) is 8.25. The molecule has 2 amide bonds. The molecule has 0 saturated heterocycles. The van der Waals surface area contributed by atoms with Gasteiger partial charge in [0.05, 0.1) is 17.9 Å². The Labute approximate surface area is 178 Å². The van der Waals surface area contributed by atoms with E-state index in [1.54, 1.807) is 24.3 Å². The van der Waals surface area contributed by atoms with Crippen LogP contribution in [-0.4, -0.2) is 46.9 Å². The average Bonchev–Trinajstić information content (AvgIpc) is 2.76. The summed E-state index contributed by atoms with van der Waals surface area (Å²) < 4.78 is 17.2. The summed E-state index contributed by atoms with van der Waals surface area (Å²) in [6, 6.07) is 16.3. The third-order valence-electron chi connectivity index (χ3n) is 4.38. The van der Waals surface area contributed by atoms with Crippen LogP contribution in [-0.2, 0) is 36.3 Å². The number of benzene rings is 2. The molecule has 2 N–H and O–H groups in total. The van der Waals surface area contributed by atoms with Crippen LogP contribution in [0.5, 0.6) is 0 Å². The number of carbonyl (C=O) groups is 3. The molecule has 0 saturated carbocycles. The smallest absolute Gasteiger partial charge is 0.328 e. The zero-order valence-corrected chi connectivity index (χ0v) is 17.8. The molecule has 0 fully saturated rings. The molecule has 8 heteroatoms. The van der Waals surface area contributed by atoms with Gasteiger partial charge in [0, 0.05) is 24.0 Å². The summed E-state index contributed by atoms with van der Waals surface area (Å²) in [7, 11) is -0.0904. The Bertz CT molecular complexity index is 874. The molecule has 0 spiro atoms. The number of ether oxygens (including phenoxy) is 1. The van der Waals surface area contributed by atoms with Crippen molar-refractivity contribution >= 4 is 28.6 Å². The molecule has 0 aliphatic rings. The van der Waals surface area contributed by atoms with Gasteiger partial charge in [-0.1, -0.05) is 48.5 Å². The summed E-state index contributed by atoms with van der Waals surface area (Å²) in [6.45, 7) is 1.33. The van der Waals surface area contributed by atoms with Crippen LogP contribution >= 0.6 is 0 Å². The molecule has 0 unspecified atom stereocenters. The summed E-state index contributed by atoms with van der Waals surface area (Å²) >= 11 is 0. The normalized spacial score (nSPS) is 13.5. The van der Waals surface area contributed by atoms with Crippen LogP contribution < -0.4 is 10.6 Å². The van der Waals surface area contributed by atoms with Crippen LogP contribution in [0.4, 0.5) is 0 Å². The van der Waals surface area contributed by atoms with Crippen LogP contribution in [0.25, 0.3) is 0 Å². The summed E-state index contributed by atoms with van der Waals surface area (Å²) in [6.07, 6.45) is 0.411. The highest BCUT2D eigenvalue weighted by Crippen LogP contribution is 2.09.